The normalized spacial score (nSPS) is 12.6. The van der Waals surface area contributed by atoms with Gasteiger partial charge in [-0.3, -0.25) is 14.7 Å². The predicted molar refractivity (Wildman–Crippen MR) is 117 cm³/mol. The Hall–Kier alpha value is -2.15. The maximum absolute atomic E-state index is 13.9. The third kappa shape index (κ3) is 5.47. The van der Waals surface area contributed by atoms with Crippen molar-refractivity contribution in [1.29, 1.82) is 0 Å². The largest absolute Gasteiger partial charge is 0.504 e. The highest BCUT2D eigenvalue weighted by Crippen LogP contribution is 2.53. The Kier molecular flexibility index (Phi) is 8.02. The highest BCUT2D eigenvalue weighted by Gasteiger charge is 2.34. The van der Waals surface area contributed by atoms with E-state index in [0.29, 0.717) is 36.8 Å². The summed E-state index contributed by atoms with van der Waals surface area (Å²) in [4.78, 5) is 8.64. The van der Waals surface area contributed by atoms with E-state index in [4.69, 9.17) is 4.74 Å². The Balaban J connectivity index is 2.48. The maximum atomic E-state index is 13.9. The summed E-state index contributed by atoms with van der Waals surface area (Å²) < 4.78 is 19.2. The number of aromatic nitrogens is 2. The first-order valence-electron chi connectivity index (χ1n) is 9.77. The molecule has 0 amide bonds. The molecule has 1 aromatic carbocycles. The Labute approximate surface area is 173 Å². The average Bonchev–Trinajstić information content (AvgIpc) is 2.66. The van der Waals surface area contributed by atoms with Crippen LogP contribution in [0.25, 0.3) is 0 Å². The van der Waals surface area contributed by atoms with Gasteiger partial charge in [0.05, 0.1) is 30.3 Å². The Bertz CT molecular complexity index is 881. The molecule has 4 N–H and O–H groups in total. The minimum Gasteiger partial charge on any atom is -0.504 e. The van der Waals surface area contributed by atoms with Crippen LogP contribution in [0.2, 0.25) is 0 Å². The fourth-order valence-corrected chi connectivity index (χ4v) is 5.70. The number of ether oxygens (including phenoxy) is 1. The van der Waals surface area contributed by atoms with Gasteiger partial charge in [0, 0.05) is 6.54 Å². The van der Waals surface area contributed by atoms with Crippen molar-refractivity contribution in [3.63, 3.8) is 0 Å². The molecule has 1 unspecified atom stereocenters. The van der Waals surface area contributed by atoms with E-state index in [1.54, 1.807) is 19.2 Å². The molecule has 1 aromatic heterocycles. The van der Waals surface area contributed by atoms with Gasteiger partial charge in [-0.2, -0.15) is 0 Å². The van der Waals surface area contributed by atoms with Gasteiger partial charge in [0.25, 0.3) is 0 Å². The molecule has 0 aliphatic carbocycles. The topological polar surface area (TPSA) is 108 Å². The van der Waals surface area contributed by atoms with Crippen LogP contribution in [0.1, 0.15) is 42.2 Å². The fourth-order valence-electron chi connectivity index (χ4n) is 3.29. The van der Waals surface area contributed by atoms with Gasteiger partial charge in [0.15, 0.2) is 11.5 Å². The van der Waals surface area contributed by atoms with E-state index in [9.17, 15) is 9.67 Å². The van der Waals surface area contributed by atoms with Crippen LogP contribution in [0.5, 0.6) is 11.5 Å². The molecule has 9 heteroatoms. The first kappa shape index (κ1) is 23.1. The van der Waals surface area contributed by atoms with Crippen molar-refractivity contribution in [2.75, 3.05) is 32.1 Å². The maximum Gasteiger partial charge on any atom is 0.220 e. The van der Waals surface area contributed by atoms with E-state index < -0.39 is 13.1 Å². The number of phenolic OH excluding ortho intramolecular Hbond substituents is 1. The lowest BCUT2D eigenvalue weighted by Gasteiger charge is -2.30. The second-order valence-electron chi connectivity index (χ2n) is 6.88. The lowest BCUT2D eigenvalue weighted by Crippen LogP contribution is -2.30. The van der Waals surface area contributed by atoms with Crippen LogP contribution in [-0.2, 0) is 4.57 Å². The number of phenols is 1. The van der Waals surface area contributed by atoms with Gasteiger partial charge in [0.2, 0.25) is 7.44 Å². The van der Waals surface area contributed by atoms with Crippen LogP contribution >= 0.6 is 7.44 Å². The number of rotatable bonds is 10. The van der Waals surface area contributed by atoms with E-state index in [1.807, 2.05) is 33.8 Å². The summed E-state index contributed by atoms with van der Waals surface area (Å²) in [5.41, 5.74) is 2.69. The summed E-state index contributed by atoms with van der Waals surface area (Å²) in [6.07, 6.45) is 1.74. The molecule has 1 heterocycles. The van der Waals surface area contributed by atoms with Crippen LogP contribution in [0.4, 0.5) is 5.69 Å². The molecule has 0 fully saturated rings. The number of nitrogens with one attached hydrogen (secondary N) is 3. The van der Waals surface area contributed by atoms with Gasteiger partial charge in [-0.25, -0.2) is 9.97 Å². The summed E-state index contributed by atoms with van der Waals surface area (Å²) >= 11 is 0. The molecule has 8 nitrogen and oxygen atoms in total. The van der Waals surface area contributed by atoms with Crippen LogP contribution in [0.15, 0.2) is 18.3 Å². The third-order valence-corrected chi connectivity index (χ3v) is 7.63. The molecule has 0 aliphatic heterocycles. The average molecular weight is 421 g/mol. The monoisotopic (exact) mass is 421 g/mol. The van der Waals surface area contributed by atoms with Crippen molar-refractivity contribution < 1.29 is 14.4 Å². The number of hydrogen-bond acceptors (Lipinski definition) is 6. The number of nitrogens with zero attached hydrogens (tertiary/aromatic N) is 2. The van der Waals surface area contributed by atoms with Crippen LogP contribution in [0.3, 0.4) is 0 Å². The molecule has 0 spiro atoms. The summed E-state index contributed by atoms with van der Waals surface area (Å²) in [6, 6.07) is 3.60. The SMILES string of the molecule is CCNP(=O)(NCC)C(CNc1cnc(C)nc1C)c1cc(C)c(O)c(OC)c1. The first-order chi connectivity index (χ1) is 13.8. The van der Waals surface area contributed by atoms with Crippen molar-refractivity contribution in [2.45, 2.75) is 40.3 Å². The van der Waals surface area contributed by atoms with Gasteiger partial charge in [-0.1, -0.05) is 19.9 Å². The van der Waals surface area contributed by atoms with Crippen molar-refractivity contribution in [3.8, 4) is 11.5 Å². The van der Waals surface area contributed by atoms with Crippen molar-refractivity contribution >= 4 is 13.1 Å². The van der Waals surface area contributed by atoms with Crippen LogP contribution < -0.4 is 20.2 Å². The molecular weight excluding hydrogens is 389 g/mol. The predicted octanol–water partition coefficient (Wildman–Crippen LogP) is 3.68. The number of anilines is 1. The highest BCUT2D eigenvalue weighted by molar-refractivity contribution is 7.60. The van der Waals surface area contributed by atoms with Crippen molar-refractivity contribution in [1.82, 2.24) is 20.1 Å². The third-order valence-electron chi connectivity index (χ3n) is 4.70. The summed E-state index contributed by atoms with van der Waals surface area (Å²) in [5.74, 6) is 1.15. The summed E-state index contributed by atoms with van der Waals surface area (Å²) in [7, 11) is -1.51. The second-order valence-corrected chi connectivity index (χ2v) is 9.45. The van der Waals surface area contributed by atoms with E-state index in [2.05, 4.69) is 25.5 Å². The van der Waals surface area contributed by atoms with E-state index in [1.165, 1.54) is 7.11 Å². The van der Waals surface area contributed by atoms with Crippen molar-refractivity contribution in [2.24, 2.45) is 0 Å². The standard InChI is InChI=1S/C20H32N5O3P/c1-7-23-29(27,24-8-2)19(12-22-17-11-21-15(5)25-14(17)4)16-9-13(3)20(26)18(10-16)28-6/h9-11,19,22,26H,7-8,12H2,1-6H3,(H2,23,24,27). The Morgan fingerprint density at radius 1 is 1.17 bits per heavy atom. The number of aryl methyl sites for hydroxylation is 3. The zero-order valence-electron chi connectivity index (χ0n) is 18.0. The number of methoxy groups -OCH3 is 1. The lowest BCUT2D eigenvalue weighted by molar-refractivity contribution is 0.371. The second kappa shape index (κ2) is 10.1. The number of hydrogen-bond donors (Lipinski definition) is 4. The quantitative estimate of drug-likeness (QED) is 0.430. The zero-order chi connectivity index (χ0) is 21.6. The summed E-state index contributed by atoms with van der Waals surface area (Å²) in [5, 5.41) is 19.9. The zero-order valence-corrected chi connectivity index (χ0v) is 18.9. The smallest absolute Gasteiger partial charge is 0.220 e. The van der Waals surface area contributed by atoms with Gasteiger partial charge < -0.3 is 15.2 Å². The lowest BCUT2D eigenvalue weighted by atomic mass is 10.1. The van der Waals surface area contributed by atoms with Crippen LogP contribution in [0, 0.1) is 20.8 Å². The fraction of sp³-hybridized carbons (Fsp3) is 0.500. The molecule has 2 rings (SSSR count). The Morgan fingerprint density at radius 2 is 1.83 bits per heavy atom. The molecule has 0 bridgehead atoms. The molecule has 0 saturated heterocycles. The molecule has 160 valence electrons. The summed E-state index contributed by atoms with van der Waals surface area (Å²) in [6.45, 7) is 10.9. The van der Waals surface area contributed by atoms with Crippen LogP contribution in [-0.4, -0.2) is 41.8 Å². The van der Waals surface area contributed by atoms with Crippen molar-refractivity contribution in [3.05, 3.63) is 41.0 Å². The van der Waals surface area contributed by atoms with E-state index in [0.717, 1.165) is 16.9 Å². The van der Waals surface area contributed by atoms with Gasteiger partial charge in [-0.05, 0) is 51.1 Å². The van der Waals surface area contributed by atoms with Gasteiger partial charge in [0.1, 0.15) is 5.82 Å². The molecule has 29 heavy (non-hydrogen) atoms. The van der Waals surface area contributed by atoms with Gasteiger partial charge >= 0.3 is 0 Å². The molecule has 0 radical (unpaired) electrons. The first-order valence-corrected chi connectivity index (χ1v) is 11.5. The molecule has 2 aromatic rings. The minimum absolute atomic E-state index is 0.0903. The molecular formula is C20H32N5O3P. The van der Waals surface area contributed by atoms with Gasteiger partial charge in [-0.15, -0.1) is 0 Å². The Morgan fingerprint density at radius 3 is 2.38 bits per heavy atom. The van der Waals surface area contributed by atoms with E-state index in [-0.39, 0.29) is 5.75 Å². The highest BCUT2D eigenvalue weighted by atomic mass is 31.2. The van der Waals surface area contributed by atoms with E-state index >= 15 is 0 Å². The molecule has 1 atom stereocenters. The number of benzene rings is 1. The molecule has 0 aliphatic rings. The minimum atomic E-state index is -3.02. The molecule has 0 saturated carbocycles. The number of aromatic hydroxyl groups is 1.